The second-order valence-electron chi connectivity index (χ2n) is 9.12. The smallest absolute Gasteiger partial charge is 0.164 e. The summed E-state index contributed by atoms with van der Waals surface area (Å²) in [4.78, 5) is 17.7. The number of ether oxygens (including phenoxy) is 1. The number of aryl methyl sites for hydroxylation is 2. The van der Waals surface area contributed by atoms with E-state index < -0.39 is 0 Å². The summed E-state index contributed by atoms with van der Waals surface area (Å²) in [7, 11) is 1.68. The Balaban J connectivity index is 1.33. The third kappa shape index (κ3) is 5.91. The molecule has 3 aromatic rings. The maximum Gasteiger partial charge on any atom is 0.164 e. The lowest BCUT2D eigenvalue weighted by Gasteiger charge is -2.08. The molecule has 3 heteroatoms. The van der Waals surface area contributed by atoms with Crippen molar-refractivity contribution in [2.45, 2.75) is 46.0 Å². The number of aromatic nitrogens is 1. The summed E-state index contributed by atoms with van der Waals surface area (Å²) in [5.74, 6) is 1.56. The molecule has 1 heterocycles. The van der Waals surface area contributed by atoms with Gasteiger partial charge in [-0.05, 0) is 73.4 Å². The SMILES string of the molecule is COc1ccc(-c2ccc(CCCCC(=O)c3cc4/c(nc3C)=C/CC(C)/C=C\C=4)cc2)cc1. The van der Waals surface area contributed by atoms with Gasteiger partial charge < -0.3 is 4.74 Å². The molecule has 0 saturated carbocycles. The van der Waals surface area contributed by atoms with Crippen LogP contribution >= 0.6 is 0 Å². The number of carbonyl (C=O) groups is 1. The molecule has 0 saturated heterocycles. The summed E-state index contributed by atoms with van der Waals surface area (Å²) in [6.45, 7) is 4.15. The number of unbranched alkanes of at least 4 members (excludes halogenated alkanes) is 1. The van der Waals surface area contributed by atoms with Crippen molar-refractivity contribution in [3.05, 3.63) is 94.1 Å². The molecule has 2 aromatic carbocycles. The Labute approximate surface area is 202 Å². The average molecular weight is 452 g/mol. The summed E-state index contributed by atoms with van der Waals surface area (Å²) in [5.41, 5.74) is 5.27. The molecule has 1 unspecified atom stereocenters. The normalized spacial score (nSPS) is 17.8. The van der Waals surface area contributed by atoms with E-state index in [9.17, 15) is 4.79 Å². The van der Waals surface area contributed by atoms with E-state index in [-0.39, 0.29) is 5.78 Å². The molecule has 0 fully saturated rings. The maximum atomic E-state index is 12.9. The number of ketones is 1. The number of methoxy groups -OCH3 is 1. The topological polar surface area (TPSA) is 39.2 Å². The summed E-state index contributed by atoms with van der Waals surface area (Å²) in [6.07, 6.45) is 12.9. The largest absolute Gasteiger partial charge is 0.497 e. The van der Waals surface area contributed by atoms with E-state index in [0.717, 1.165) is 53.3 Å². The molecule has 0 aliphatic heterocycles. The number of rotatable bonds is 8. The highest BCUT2D eigenvalue weighted by Gasteiger charge is 2.11. The molecular weight excluding hydrogens is 418 g/mol. The van der Waals surface area contributed by atoms with Gasteiger partial charge in [-0.25, -0.2) is 0 Å². The molecule has 34 heavy (non-hydrogen) atoms. The zero-order chi connectivity index (χ0) is 23.9. The second kappa shape index (κ2) is 11.1. The second-order valence-corrected chi connectivity index (χ2v) is 9.12. The zero-order valence-corrected chi connectivity index (χ0v) is 20.4. The Morgan fingerprint density at radius 2 is 1.74 bits per heavy atom. The van der Waals surface area contributed by atoms with Gasteiger partial charge in [-0.3, -0.25) is 9.78 Å². The molecule has 4 rings (SSSR count). The van der Waals surface area contributed by atoms with Crippen LogP contribution in [0.2, 0.25) is 0 Å². The van der Waals surface area contributed by atoms with E-state index in [4.69, 9.17) is 9.72 Å². The van der Waals surface area contributed by atoms with Crippen LogP contribution in [0.4, 0.5) is 0 Å². The van der Waals surface area contributed by atoms with Gasteiger partial charge in [0.2, 0.25) is 0 Å². The quantitative estimate of drug-likeness (QED) is 0.320. The summed E-state index contributed by atoms with van der Waals surface area (Å²) < 4.78 is 5.24. The number of nitrogens with zero attached hydrogens (tertiary/aromatic N) is 1. The third-order valence-corrected chi connectivity index (χ3v) is 6.47. The zero-order valence-electron chi connectivity index (χ0n) is 20.4. The van der Waals surface area contributed by atoms with Crippen molar-refractivity contribution in [2.75, 3.05) is 7.11 Å². The summed E-state index contributed by atoms with van der Waals surface area (Å²) >= 11 is 0. The number of pyridine rings is 1. The number of Topliss-reactive ketones (excluding diaryl/α,β-unsaturated/α-hetero) is 1. The molecule has 3 nitrogen and oxygen atoms in total. The first-order valence-corrected chi connectivity index (χ1v) is 12.2. The van der Waals surface area contributed by atoms with Gasteiger partial charge in [-0.2, -0.15) is 0 Å². The number of hydrogen-bond donors (Lipinski definition) is 0. The maximum absolute atomic E-state index is 12.9. The predicted molar refractivity (Wildman–Crippen MR) is 140 cm³/mol. The number of carbonyl (C=O) groups excluding carboxylic acids is 1. The fourth-order valence-corrected chi connectivity index (χ4v) is 4.34. The van der Waals surface area contributed by atoms with E-state index in [1.807, 2.05) is 25.1 Å². The van der Waals surface area contributed by atoms with Crippen LogP contribution in [0.15, 0.2) is 66.7 Å². The number of benzene rings is 2. The van der Waals surface area contributed by atoms with E-state index in [1.165, 1.54) is 16.7 Å². The van der Waals surface area contributed by atoms with Crippen LogP contribution in [0.1, 0.15) is 54.2 Å². The van der Waals surface area contributed by atoms with Crippen molar-refractivity contribution < 1.29 is 9.53 Å². The molecule has 0 spiro atoms. The Morgan fingerprint density at radius 3 is 2.44 bits per heavy atom. The number of hydrogen-bond acceptors (Lipinski definition) is 3. The highest BCUT2D eigenvalue weighted by atomic mass is 16.5. The van der Waals surface area contributed by atoms with Gasteiger partial charge in [0, 0.05) is 22.9 Å². The Hall–Kier alpha value is -3.46. The molecule has 174 valence electrons. The summed E-state index contributed by atoms with van der Waals surface area (Å²) in [5, 5.41) is 2.03. The fraction of sp³-hybridized carbons (Fsp3) is 0.290. The minimum Gasteiger partial charge on any atom is -0.497 e. The highest BCUT2D eigenvalue weighted by molar-refractivity contribution is 5.97. The molecular formula is C31H33NO2. The van der Waals surface area contributed by atoms with Gasteiger partial charge in [-0.15, -0.1) is 0 Å². The molecule has 0 N–H and O–H groups in total. The lowest BCUT2D eigenvalue weighted by atomic mass is 9.99. The Bertz CT molecular complexity index is 1280. The van der Waals surface area contributed by atoms with Crippen LogP contribution in [0.5, 0.6) is 5.75 Å². The molecule has 1 aromatic heterocycles. The van der Waals surface area contributed by atoms with Crippen LogP contribution in [0.25, 0.3) is 23.3 Å². The van der Waals surface area contributed by atoms with E-state index >= 15 is 0 Å². The molecule has 0 bridgehead atoms. The van der Waals surface area contributed by atoms with Crippen LogP contribution in [-0.2, 0) is 6.42 Å². The lowest BCUT2D eigenvalue weighted by molar-refractivity contribution is 0.0978. The highest BCUT2D eigenvalue weighted by Crippen LogP contribution is 2.23. The van der Waals surface area contributed by atoms with E-state index in [0.29, 0.717) is 12.3 Å². The molecule has 0 radical (unpaired) electrons. The minimum atomic E-state index is 0.190. The summed E-state index contributed by atoms with van der Waals surface area (Å²) in [6, 6.07) is 18.8. The average Bonchev–Trinajstić information content (AvgIpc) is 2.85. The standard InChI is InChI=1S/C31H33NO2/c1-22-7-6-9-27-21-29(23(2)32-30(27)20-11-22)31(33)10-5-4-8-24-12-14-25(15-13-24)26-16-18-28(34-3)19-17-26/h6-7,9,12-22H,4-5,8,10-11H2,1-3H3/b7-6-,27-9-,30-20-. The van der Waals surface area contributed by atoms with Crippen molar-refractivity contribution in [3.63, 3.8) is 0 Å². The van der Waals surface area contributed by atoms with Gasteiger partial charge >= 0.3 is 0 Å². The lowest BCUT2D eigenvalue weighted by Crippen LogP contribution is -2.31. The van der Waals surface area contributed by atoms with Crippen LogP contribution < -0.4 is 15.3 Å². The van der Waals surface area contributed by atoms with Crippen molar-refractivity contribution in [2.24, 2.45) is 5.92 Å². The monoisotopic (exact) mass is 451 g/mol. The molecule has 1 aliphatic rings. The number of allylic oxidation sites excluding steroid dienone is 2. The molecule has 1 atom stereocenters. The van der Waals surface area contributed by atoms with Crippen molar-refractivity contribution in [3.8, 4) is 16.9 Å². The van der Waals surface area contributed by atoms with Gasteiger partial charge in [-0.1, -0.05) is 67.6 Å². The predicted octanol–water partition coefficient (Wildman–Crippen LogP) is 5.82. The van der Waals surface area contributed by atoms with Gasteiger partial charge in [0.25, 0.3) is 0 Å². The van der Waals surface area contributed by atoms with Crippen molar-refractivity contribution >= 4 is 17.9 Å². The van der Waals surface area contributed by atoms with Crippen LogP contribution in [-0.4, -0.2) is 17.9 Å². The minimum absolute atomic E-state index is 0.190. The van der Waals surface area contributed by atoms with Gasteiger partial charge in [0.15, 0.2) is 5.78 Å². The first-order valence-electron chi connectivity index (χ1n) is 12.2. The van der Waals surface area contributed by atoms with E-state index in [1.54, 1.807) is 7.11 Å². The van der Waals surface area contributed by atoms with Crippen molar-refractivity contribution in [1.29, 1.82) is 0 Å². The van der Waals surface area contributed by atoms with Gasteiger partial charge in [0.05, 0.1) is 12.5 Å². The first-order chi connectivity index (χ1) is 16.5. The van der Waals surface area contributed by atoms with Crippen LogP contribution in [0, 0.1) is 12.8 Å². The first kappa shape index (κ1) is 23.7. The Morgan fingerprint density at radius 1 is 1.03 bits per heavy atom. The van der Waals surface area contributed by atoms with Crippen LogP contribution in [0.3, 0.4) is 0 Å². The molecule has 0 amide bonds. The number of fused-ring (bicyclic) bond motifs is 1. The third-order valence-electron chi connectivity index (χ3n) is 6.47. The van der Waals surface area contributed by atoms with Crippen molar-refractivity contribution in [1.82, 2.24) is 4.98 Å². The van der Waals surface area contributed by atoms with Gasteiger partial charge in [0.1, 0.15) is 5.75 Å². The Kier molecular flexibility index (Phi) is 7.74. The molecule has 1 aliphatic carbocycles. The van der Waals surface area contributed by atoms with E-state index in [2.05, 4.69) is 67.6 Å². The fourth-order valence-electron chi connectivity index (χ4n) is 4.34.